The third-order valence-corrected chi connectivity index (χ3v) is 8.06. The minimum Gasteiger partial charge on any atom is -0.206 e. The number of rotatable bonds is 9. The summed E-state index contributed by atoms with van der Waals surface area (Å²) in [4.78, 5) is 0. The van der Waals surface area contributed by atoms with Crippen molar-refractivity contribution in [3.63, 3.8) is 0 Å². The van der Waals surface area contributed by atoms with Gasteiger partial charge in [0.15, 0.2) is 0 Å². The van der Waals surface area contributed by atoms with E-state index in [-0.39, 0.29) is 0 Å². The molecule has 0 spiro atoms. The van der Waals surface area contributed by atoms with Crippen molar-refractivity contribution in [1.29, 1.82) is 0 Å². The van der Waals surface area contributed by atoms with Crippen LogP contribution in [0.2, 0.25) is 0 Å². The van der Waals surface area contributed by atoms with Gasteiger partial charge >= 0.3 is 6.18 Å². The van der Waals surface area contributed by atoms with Gasteiger partial charge in [-0.15, -0.1) is 0 Å². The quantitative estimate of drug-likeness (QED) is 0.336. The van der Waals surface area contributed by atoms with Crippen molar-refractivity contribution >= 4 is 0 Å². The fourth-order valence-electron chi connectivity index (χ4n) is 5.90. The molecule has 4 heteroatoms. The Balaban J connectivity index is 1.31. The summed E-state index contributed by atoms with van der Waals surface area (Å²) in [6, 6.07) is 3.40. The van der Waals surface area contributed by atoms with Gasteiger partial charge < -0.3 is 0 Å². The Bertz CT molecular complexity index is 650. The van der Waals surface area contributed by atoms with Crippen LogP contribution in [0.3, 0.4) is 0 Å². The molecule has 0 nitrogen and oxygen atoms in total. The van der Waals surface area contributed by atoms with E-state index < -0.39 is 17.6 Å². The van der Waals surface area contributed by atoms with Gasteiger partial charge in [-0.3, -0.25) is 0 Å². The topological polar surface area (TPSA) is 0 Å². The number of hydrogen-bond acceptors (Lipinski definition) is 0. The second-order valence-electron chi connectivity index (χ2n) is 10.3. The third-order valence-electron chi connectivity index (χ3n) is 8.06. The lowest BCUT2D eigenvalue weighted by Gasteiger charge is -2.32. The van der Waals surface area contributed by atoms with Crippen LogP contribution < -0.4 is 0 Å². The molecule has 0 heterocycles. The van der Waals surface area contributed by atoms with Crippen LogP contribution in [0.1, 0.15) is 108 Å². The molecular weight excluding hydrogens is 400 g/mol. The maximum Gasteiger partial charge on any atom is 0.419 e. The van der Waals surface area contributed by atoms with Crippen molar-refractivity contribution < 1.29 is 17.6 Å². The lowest BCUT2D eigenvalue weighted by molar-refractivity contribution is -0.140. The number of alkyl halides is 3. The van der Waals surface area contributed by atoms with Crippen molar-refractivity contribution in [2.75, 3.05) is 0 Å². The van der Waals surface area contributed by atoms with Crippen molar-refractivity contribution in [3.8, 4) is 0 Å². The van der Waals surface area contributed by atoms with Crippen molar-refractivity contribution in [1.82, 2.24) is 0 Å². The molecule has 2 aliphatic carbocycles. The Labute approximate surface area is 186 Å². The van der Waals surface area contributed by atoms with E-state index in [0.717, 1.165) is 36.3 Å². The number of benzene rings is 1. The maximum atomic E-state index is 13.8. The molecule has 2 saturated carbocycles. The summed E-state index contributed by atoms with van der Waals surface area (Å²) in [5.74, 6) is 2.29. The summed E-state index contributed by atoms with van der Waals surface area (Å²) >= 11 is 0. The average molecular weight is 441 g/mol. The molecule has 0 unspecified atom stereocenters. The Morgan fingerprint density at radius 3 is 1.68 bits per heavy atom. The molecule has 3 rings (SSSR count). The number of hydrogen-bond donors (Lipinski definition) is 0. The number of unbranched alkanes of at least 4 members (excludes halogenated alkanes) is 1. The lowest BCUT2D eigenvalue weighted by atomic mass is 9.74. The van der Waals surface area contributed by atoms with E-state index in [1.165, 1.54) is 89.5 Å². The van der Waals surface area contributed by atoms with Crippen LogP contribution in [0.25, 0.3) is 0 Å². The molecule has 1 aromatic carbocycles. The lowest BCUT2D eigenvalue weighted by Crippen LogP contribution is -2.18. The van der Waals surface area contributed by atoms with Crippen LogP contribution in [0, 0.1) is 29.5 Å². The highest BCUT2D eigenvalue weighted by Gasteiger charge is 2.34. The molecular formula is C27H40F4. The molecule has 0 atom stereocenters. The Morgan fingerprint density at radius 1 is 0.742 bits per heavy atom. The second kappa shape index (κ2) is 11.7. The van der Waals surface area contributed by atoms with Gasteiger partial charge in [0.05, 0.1) is 5.56 Å². The molecule has 0 bridgehead atoms. The predicted octanol–water partition coefficient (Wildman–Crippen LogP) is 9.36. The molecule has 31 heavy (non-hydrogen) atoms. The molecule has 2 fully saturated rings. The van der Waals surface area contributed by atoms with Crippen molar-refractivity contribution in [2.45, 2.75) is 109 Å². The molecule has 0 amide bonds. The summed E-state index contributed by atoms with van der Waals surface area (Å²) in [7, 11) is 0. The van der Waals surface area contributed by atoms with Gasteiger partial charge in [-0.1, -0.05) is 96.5 Å². The largest absolute Gasteiger partial charge is 0.419 e. The van der Waals surface area contributed by atoms with Crippen LogP contribution in [-0.2, 0) is 12.6 Å². The second-order valence-corrected chi connectivity index (χ2v) is 10.3. The standard InChI is InChI=1S/C27H40F4/c1-2-3-4-20-5-7-21(8-6-20)9-10-22-11-13-23(14-12-22)15-16-24-17-18-25(26(28)19-24)27(29,30)31/h17-23H,2-16H2,1H3. The van der Waals surface area contributed by atoms with Crippen molar-refractivity contribution in [2.24, 2.45) is 23.7 Å². The summed E-state index contributed by atoms with van der Waals surface area (Å²) in [6.45, 7) is 2.29. The van der Waals surface area contributed by atoms with Gasteiger partial charge in [0, 0.05) is 0 Å². The van der Waals surface area contributed by atoms with Gasteiger partial charge in [0.2, 0.25) is 0 Å². The average Bonchev–Trinajstić information content (AvgIpc) is 2.75. The molecule has 0 aromatic heterocycles. The van der Waals surface area contributed by atoms with Crippen LogP contribution in [0.4, 0.5) is 17.6 Å². The first-order chi connectivity index (χ1) is 14.8. The zero-order valence-electron chi connectivity index (χ0n) is 19.2. The van der Waals surface area contributed by atoms with Crippen LogP contribution >= 0.6 is 0 Å². The summed E-state index contributed by atoms with van der Waals surface area (Å²) in [6.07, 6.45) is 14.7. The van der Waals surface area contributed by atoms with Gasteiger partial charge in [0.1, 0.15) is 5.82 Å². The number of aryl methyl sites for hydroxylation is 1. The highest BCUT2D eigenvalue weighted by atomic mass is 19.4. The molecule has 176 valence electrons. The third kappa shape index (κ3) is 7.79. The number of halogens is 4. The molecule has 0 aliphatic heterocycles. The van der Waals surface area contributed by atoms with E-state index >= 15 is 0 Å². The van der Waals surface area contributed by atoms with Crippen molar-refractivity contribution in [3.05, 3.63) is 35.1 Å². The SMILES string of the molecule is CCCCC1CCC(CCC2CCC(CCc3ccc(C(F)(F)F)c(F)c3)CC2)CC1. The maximum absolute atomic E-state index is 13.8. The highest BCUT2D eigenvalue weighted by molar-refractivity contribution is 5.26. The summed E-state index contributed by atoms with van der Waals surface area (Å²) in [5, 5.41) is 0. The summed E-state index contributed by atoms with van der Waals surface area (Å²) in [5.41, 5.74) is -0.478. The van der Waals surface area contributed by atoms with Crippen LogP contribution in [0.15, 0.2) is 18.2 Å². The van der Waals surface area contributed by atoms with Crippen LogP contribution in [-0.4, -0.2) is 0 Å². The van der Waals surface area contributed by atoms with Gasteiger partial charge in [-0.05, 0) is 54.2 Å². The fraction of sp³-hybridized carbons (Fsp3) is 0.778. The van der Waals surface area contributed by atoms with E-state index in [0.29, 0.717) is 17.9 Å². The van der Waals surface area contributed by atoms with Gasteiger partial charge in [-0.2, -0.15) is 13.2 Å². The molecule has 0 N–H and O–H groups in total. The Kier molecular flexibility index (Phi) is 9.28. The normalized spacial score (nSPS) is 27.4. The first-order valence-corrected chi connectivity index (χ1v) is 12.7. The first kappa shape index (κ1) is 24.6. The molecule has 1 aromatic rings. The molecule has 0 radical (unpaired) electrons. The minimum absolute atomic E-state index is 0.635. The zero-order valence-corrected chi connectivity index (χ0v) is 19.2. The van der Waals surface area contributed by atoms with Gasteiger partial charge in [-0.25, -0.2) is 4.39 Å². The molecule has 0 saturated heterocycles. The van der Waals surface area contributed by atoms with E-state index in [9.17, 15) is 17.6 Å². The predicted molar refractivity (Wildman–Crippen MR) is 119 cm³/mol. The Hall–Kier alpha value is -1.06. The van der Waals surface area contributed by atoms with E-state index in [1.54, 1.807) is 0 Å². The smallest absolute Gasteiger partial charge is 0.206 e. The van der Waals surface area contributed by atoms with Crippen LogP contribution in [0.5, 0.6) is 0 Å². The van der Waals surface area contributed by atoms with E-state index in [1.807, 2.05) is 0 Å². The van der Waals surface area contributed by atoms with Gasteiger partial charge in [0.25, 0.3) is 0 Å². The molecule has 2 aliphatic rings. The fourth-order valence-corrected chi connectivity index (χ4v) is 5.90. The zero-order chi connectivity index (χ0) is 22.3. The van der Waals surface area contributed by atoms with E-state index in [2.05, 4.69) is 6.92 Å². The summed E-state index contributed by atoms with van der Waals surface area (Å²) < 4.78 is 51.8. The highest BCUT2D eigenvalue weighted by Crippen LogP contribution is 2.39. The minimum atomic E-state index is -4.62. The first-order valence-electron chi connectivity index (χ1n) is 12.7. The monoisotopic (exact) mass is 440 g/mol. The Morgan fingerprint density at radius 2 is 1.23 bits per heavy atom. The van der Waals surface area contributed by atoms with E-state index in [4.69, 9.17) is 0 Å².